The van der Waals surface area contributed by atoms with E-state index < -0.39 is 11.5 Å². The van der Waals surface area contributed by atoms with Crippen LogP contribution in [0.4, 0.5) is 0 Å². The third-order valence-electron chi connectivity index (χ3n) is 5.57. The molecule has 0 aliphatic carbocycles. The zero-order valence-corrected chi connectivity index (χ0v) is 21.2. The Bertz CT molecular complexity index is 789. The van der Waals surface area contributed by atoms with Crippen molar-refractivity contribution in [2.24, 2.45) is 5.73 Å². The fourth-order valence-electron chi connectivity index (χ4n) is 3.72. The molecule has 2 aromatic rings. The molecule has 0 spiro atoms. The van der Waals surface area contributed by atoms with Gasteiger partial charge in [-0.2, -0.15) is 0 Å². The van der Waals surface area contributed by atoms with Crippen molar-refractivity contribution in [3.63, 3.8) is 0 Å². The molecule has 2 heterocycles. The van der Waals surface area contributed by atoms with Gasteiger partial charge in [-0.1, -0.05) is 19.8 Å². The Morgan fingerprint density at radius 2 is 1.66 bits per heavy atom. The topological polar surface area (TPSA) is 67.4 Å². The Labute approximate surface area is 190 Å². The summed E-state index contributed by atoms with van der Waals surface area (Å²) in [4.78, 5) is 11.5. The second-order valence-electron chi connectivity index (χ2n) is 8.28. The van der Waals surface area contributed by atoms with Crippen molar-refractivity contribution in [2.75, 3.05) is 0 Å². The first-order valence-electron chi connectivity index (χ1n) is 11.0. The summed E-state index contributed by atoms with van der Waals surface area (Å²) >= 11 is 3.65. The van der Waals surface area contributed by atoms with Gasteiger partial charge in [0.15, 0.2) is 0 Å². The first-order chi connectivity index (χ1) is 13.9. The van der Waals surface area contributed by atoms with E-state index in [1.165, 1.54) is 64.2 Å². The van der Waals surface area contributed by atoms with Crippen LogP contribution in [0.25, 0.3) is 5.52 Å². The Kier molecular flexibility index (Phi) is 10.4. The first kappa shape index (κ1) is 24.6. The number of fused-ring (bicyclic) bond motifs is 1. The maximum atomic E-state index is 11.5. The monoisotopic (exact) mass is 531 g/mol. The predicted molar refractivity (Wildman–Crippen MR) is 123 cm³/mol. The van der Waals surface area contributed by atoms with Gasteiger partial charge in [0.2, 0.25) is 0 Å². The molecule has 162 valence electrons. The van der Waals surface area contributed by atoms with E-state index in [1.807, 2.05) is 13.1 Å². The van der Waals surface area contributed by atoms with E-state index in [-0.39, 0.29) is 14.7 Å². The molecule has 0 fully saturated rings. The summed E-state index contributed by atoms with van der Waals surface area (Å²) in [6, 6.07) is 3.55. The fourth-order valence-corrected chi connectivity index (χ4v) is 7.28. The average Bonchev–Trinajstić information content (AvgIpc) is 3.03. The van der Waals surface area contributed by atoms with Gasteiger partial charge in [-0.05, 0) is 0 Å². The number of amides is 1. The maximum absolute atomic E-state index is 11.5. The van der Waals surface area contributed by atoms with Crippen LogP contribution in [0.5, 0.6) is 0 Å². The second kappa shape index (κ2) is 12.2. The normalized spacial score (nSPS) is 13.7. The predicted octanol–water partition coefficient (Wildman–Crippen LogP) is 5.25. The minimum atomic E-state index is -0.822. The van der Waals surface area contributed by atoms with Crippen molar-refractivity contribution < 1.29 is 13.3 Å². The van der Waals surface area contributed by atoms with Crippen LogP contribution < -0.4 is 9.13 Å². The molecule has 0 saturated heterocycles. The summed E-state index contributed by atoms with van der Waals surface area (Å²) in [5.41, 5.74) is 6.00. The Morgan fingerprint density at radius 3 is 2.21 bits per heavy atom. The van der Waals surface area contributed by atoms with E-state index in [4.69, 9.17) is 5.73 Å². The molecule has 0 aliphatic heterocycles. The third kappa shape index (κ3) is 7.50. The van der Waals surface area contributed by atoms with Gasteiger partial charge < -0.3 is 0 Å². The van der Waals surface area contributed by atoms with Gasteiger partial charge in [-0.25, -0.2) is 0 Å². The average molecular weight is 531 g/mol. The van der Waals surface area contributed by atoms with E-state index >= 15 is 0 Å². The van der Waals surface area contributed by atoms with E-state index in [0.717, 1.165) is 27.3 Å². The summed E-state index contributed by atoms with van der Waals surface area (Å²) in [5, 5.41) is 11.1. The van der Waals surface area contributed by atoms with Crippen molar-refractivity contribution in [2.45, 2.75) is 96.5 Å². The van der Waals surface area contributed by atoms with Gasteiger partial charge in [0.25, 0.3) is 0 Å². The van der Waals surface area contributed by atoms with Crippen molar-refractivity contribution >= 4 is 42.1 Å². The van der Waals surface area contributed by atoms with Crippen molar-refractivity contribution in [1.29, 1.82) is 0 Å². The number of primary amides is 1. The number of unbranched alkanes of at least 4 members (excludes halogenated alkanes) is 10. The van der Waals surface area contributed by atoms with Crippen LogP contribution in [-0.2, 0) is 5.60 Å². The molecule has 4 nitrogen and oxygen atoms in total. The van der Waals surface area contributed by atoms with Crippen LogP contribution in [-0.4, -0.2) is 25.7 Å². The molecule has 0 radical (unpaired) electrons. The van der Waals surface area contributed by atoms with Crippen LogP contribution in [0.15, 0.2) is 22.8 Å². The quantitative estimate of drug-likeness (QED) is 0.258. The first-order valence-corrected chi connectivity index (χ1v) is 13.4. The molecular formula is C23H36BrN2O2Se+. The van der Waals surface area contributed by atoms with Gasteiger partial charge in [0.05, 0.1) is 0 Å². The molecule has 0 bridgehead atoms. The number of carbonyl (C=O) groups excluding carboxylic acids is 1. The molecule has 6 heteroatoms. The molecule has 0 aliphatic rings. The van der Waals surface area contributed by atoms with Gasteiger partial charge in [0.1, 0.15) is 0 Å². The number of pyridine rings is 1. The molecule has 0 aromatic carbocycles. The summed E-state index contributed by atoms with van der Waals surface area (Å²) in [6.45, 7) is 4.18. The van der Waals surface area contributed by atoms with Crippen LogP contribution >= 0.6 is 15.9 Å². The Balaban J connectivity index is 1.77. The van der Waals surface area contributed by atoms with Crippen LogP contribution in [0.1, 0.15) is 106 Å². The summed E-state index contributed by atoms with van der Waals surface area (Å²) in [7, 11) is 0. The molecule has 29 heavy (non-hydrogen) atoms. The number of hydrogen-bond donors (Lipinski definition) is 2. The van der Waals surface area contributed by atoms with Gasteiger partial charge >= 0.3 is 171 Å². The number of aliphatic hydroxyl groups is 1. The standard InChI is InChI=1S/C23H35BrN2O2Se/c1-3-4-5-6-7-8-9-10-11-12-13-15-23(2,28)21-20(24)19-17-18(22(25)27)14-16-26(19)29-21/h14,16-17,28H,3-13,15H2,1-2H3,(H-,25,27)/p+1. The van der Waals surface area contributed by atoms with E-state index in [2.05, 4.69) is 26.2 Å². The zero-order chi connectivity index (χ0) is 21.3. The number of rotatable bonds is 14. The molecule has 1 amide bonds. The van der Waals surface area contributed by atoms with E-state index in [0.29, 0.717) is 5.56 Å². The van der Waals surface area contributed by atoms with Crippen molar-refractivity contribution in [1.82, 2.24) is 0 Å². The number of halogens is 1. The summed E-state index contributed by atoms with van der Waals surface area (Å²) in [6.07, 6.45) is 17.0. The number of carbonyl (C=O) groups is 1. The van der Waals surface area contributed by atoms with E-state index in [1.54, 1.807) is 12.1 Å². The number of nitrogens with two attached hydrogens (primary N) is 1. The molecule has 1 unspecified atom stereocenters. The second-order valence-corrected chi connectivity index (χ2v) is 11.1. The van der Waals surface area contributed by atoms with Gasteiger partial charge in [0, 0.05) is 0 Å². The number of nitrogens with zero attached hydrogens (tertiary/aromatic N) is 1. The van der Waals surface area contributed by atoms with Gasteiger partial charge in [-0.3, -0.25) is 0 Å². The molecule has 0 saturated carbocycles. The zero-order valence-electron chi connectivity index (χ0n) is 17.9. The summed E-state index contributed by atoms with van der Waals surface area (Å²) < 4.78 is 4.06. The van der Waals surface area contributed by atoms with Crippen LogP contribution in [0, 0.1) is 0 Å². The minimum absolute atomic E-state index is 0.00831. The SMILES string of the molecule is CCCCCCCCCCCCCC(C)(O)c1[se][n+]2ccc(C(N)=O)cc2c1Br. The molecular weight excluding hydrogens is 495 g/mol. The fraction of sp³-hybridized carbons (Fsp3) is 0.652. The molecule has 2 aromatic heterocycles. The van der Waals surface area contributed by atoms with Crippen molar-refractivity contribution in [3.05, 3.63) is 32.8 Å². The van der Waals surface area contributed by atoms with E-state index in [9.17, 15) is 9.90 Å². The number of hydrogen-bond acceptors (Lipinski definition) is 2. The Hall–Kier alpha value is -0.681. The Morgan fingerprint density at radius 1 is 1.10 bits per heavy atom. The van der Waals surface area contributed by atoms with Crippen LogP contribution in [0.2, 0.25) is 0 Å². The van der Waals surface area contributed by atoms with Crippen molar-refractivity contribution in [3.8, 4) is 0 Å². The summed E-state index contributed by atoms with van der Waals surface area (Å²) in [5.74, 6) is -0.428. The van der Waals surface area contributed by atoms with Gasteiger partial charge in [-0.15, -0.1) is 0 Å². The molecule has 2 rings (SSSR count). The third-order valence-corrected chi connectivity index (χ3v) is 9.78. The number of aromatic nitrogens is 1. The molecule has 3 N–H and O–H groups in total. The van der Waals surface area contributed by atoms with Crippen LogP contribution in [0.3, 0.4) is 0 Å². The molecule has 1 atom stereocenters.